The normalized spacial score (nSPS) is 20.4. The fourth-order valence-electron chi connectivity index (χ4n) is 5.29. The molecule has 1 aliphatic heterocycles. The van der Waals surface area contributed by atoms with E-state index < -0.39 is 42.4 Å². The van der Waals surface area contributed by atoms with Crippen molar-refractivity contribution >= 4 is 23.7 Å². The Labute approximate surface area is 215 Å². The van der Waals surface area contributed by atoms with Crippen molar-refractivity contribution in [1.29, 1.82) is 0 Å². The molecule has 9 heteroatoms. The number of halogens is 1. The van der Waals surface area contributed by atoms with Gasteiger partial charge in [-0.25, -0.2) is 4.39 Å². The lowest BCUT2D eigenvalue weighted by molar-refractivity contribution is -0.158. The van der Waals surface area contributed by atoms with Crippen molar-refractivity contribution in [3.8, 4) is 0 Å². The van der Waals surface area contributed by atoms with Crippen LogP contribution in [0.5, 0.6) is 0 Å². The number of fused-ring (bicyclic) bond motifs is 1. The number of benzene rings is 2. The first-order valence-corrected chi connectivity index (χ1v) is 12.5. The topological polar surface area (TPSA) is 105 Å². The Kier molecular flexibility index (Phi) is 7.90. The Morgan fingerprint density at radius 2 is 1.70 bits per heavy atom. The first-order valence-electron chi connectivity index (χ1n) is 12.5. The highest BCUT2D eigenvalue weighted by atomic mass is 19.1. The van der Waals surface area contributed by atoms with Crippen LogP contribution in [0, 0.1) is 17.7 Å². The molecule has 3 amide bonds. The maximum Gasteiger partial charge on any atom is 0.325 e. The molecule has 0 aromatic heterocycles. The minimum Gasteiger partial charge on any atom is -0.468 e. The third kappa shape index (κ3) is 5.65. The van der Waals surface area contributed by atoms with Crippen molar-refractivity contribution in [2.75, 3.05) is 13.7 Å². The highest BCUT2D eigenvalue weighted by Gasteiger charge is 2.49. The molecule has 1 saturated heterocycles. The Morgan fingerprint density at radius 3 is 2.27 bits per heavy atom. The third-order valence-corrected chi connectivity index (χ3v) is 7.05. The number of carbonyl (C=O) groups is 4. The third-order valence-electron chi connectivity index (χ3n) is 7.05. The molecule has 0 bridgehead atoms. The van der Waals surface area contributed by atoms with Crippen LogP contribution in [0.2, 0.25) is 0 Å². The van der Waals surface area contributed by atoms with Crippen molar-refractivity contribution in [3.63, 3.8) is 0 Å². The van der Waals surface area contributed by atoms with E-state index in [1.165, 1.54) is 36.3 Å². The van der Waals surface area contributed by atoms with Crippen LogP contribution in [-0.4, -0.2) is 54.3 Å². The summed E-state index contributed by atoms with van der Waals surface area (Å²) in [4.78, 5) is 54.2. The van der Waals surface area contributed by atoms with Crippen molar-refractivity contribution < 1.29 is 28.3 Å². The lowest BCUT2D eigenvalue weighted by Crippen LogP contribution is -2.67. The number of esters is 1. The summed E-state index contributed by atoms with van der Waals surface area (Å²) in [5.41, 5.74) is 2.61. The van der Waals surface area contributed by atoms with Gasteiger partial charge in [-0.3, -0.25) is 19.2 Å². The van der Waals surface area contributed by atoms with E-state index in [2.05, 4.69) is 15.4 Å². The summed E-state index contributed by atoms with van der Waals surface area (Å²) >= 11 is 0. The molecule has 2 aromatic carbocycles. The first-order chi connectivity index (χ1) is 17.7. The van der Waals surface area contributed by atoms with Crippen molar-refractivity contribution in [3.05, 3.63) is 71.0 Å². The zero-order valence-electron chi connectivity index (χ0n) is 21.2. The summed E-state index contributed by atoms with van der Waals surface area (Å²) in [6.45, 7) is 3.46. The number of hydrogen-bond donors (Lipinski definition) is 2. The Hall–Kier alpha value is -3.75. The van der Waals surface area contributed by atoms with Crippen LogP contribution < -0.4 is 10.6 Å². The molecule has 3 atom stereocenters. The molecular weight excluding hydrogens is 477 g/mol. The maximum atomic E-state index is 14.1. The number of nitrogens with one attached hydrogen (secondary N) is 2. The van der Waals surface area contributed by atoms with E-state index >= 15 is 0 Å². The molecule has 1 aliphatic carbocycles. The van der Waals surface area contributed by atoms with Gasteiger partial charge in [-0.15, -0.1) is 0 Å². The van der Waals surface area contributed by atoms with E-state index in [0.29, 0.717) is 24.8 Å². The fourth-order valence-corrected chi connectivity index (χ4v) is 5.29. The molecule has 0 unspecified atom stereocenters. The van der Waals surface area contributed by atoms with Crippen LogP contribution in [0.15, 0.2) is 48.5 Å². The van der Waals surface area contributed by atoms with Gasteiger partial charge >= 0.3 is 5.97 Å². The van der Waals surface area contributed by atoms with Crippen molar-refractivity contribution in [2.45, 2.75) is 51.2 Å². The Balaban J connectivity index is 1.72. The fraction of sp³-hybridized carbons (Fsp3) is 0.429. The van der Waals surface area contributed by atoms with Gasteiger partial charge in [0.05, 0.1) is 7.11 Å². The van der Waals surface area contributed by atoms with Gasteiger partial charge in [0.2, 0.25) is 17.7 Å². The standard InChI is InChI=1S/C28H32FN3O5/c1-16(2)12-22-26(34)31-24(20-13-18-6-4-5-7-19(18)14-20)28(36)32(22)25(17-8-10-21(29)11-9-17)27(35)30-15-23(33)37-3/h4-11,16,20,22,24-25H,12-15H2,1-3H3,(H,30,35)(H,31,34)/t22-,24-,25-/m1/s1. The van der Waals surface area contributed by atoms with Gasteiger partial charge in [-0.05, 0) is 59.9 Å². The number of carbonyl (C=O) groups excluding carboxylic acids is 4. The van der Waals surface area contributed by atoms with Gasteiger partial charge in [-0.2, -0.15) is 0 Å². The van der Waals surface area contributed by atoms with Crippen LogP contribution in [-0.2, 0) is 36.8 Å². The van der Waals surface area contributed by atoms with Crippen LogP contribution in [0.1, 0.15) is 43.0 Å². The summed E-state index contributed by atoms with van der Waals surface area (Å²) in [6, 6.07) is 10.2. The molecule has 37 heavy (non-hydrogen) atoms. The zero-order valence-corrected chi connectivity index (χ0v) is 21.2. The van der Waals surface area contributed by atoms with Crippen molar-refractivity contribution in [1.82, 2.24) is 15.5 Å². The summed E-state index contributed by atoms with van der Waals surface area (Å²) < 4.78 is 18.4. The first kappa shape index (κ1) is 26.3. The molecule has 4 rings (SSSR count). The van der Waals surface area contributed by atoms with E-state index in [1.54, 1.807) is 0 Å². The monoisotopic (exact) mass is 509 g/mol. The second-order valence-corrected chi connectivity index (χ2v) is 10.1. The molecule has 1 fully saturated rings. The number of rotatable bonds is 8. The molecular formula is C28H32FN3O5. The minimum absolute atomic E-state index is 0.0466. The number of amides is 3. The van der Waals surface area contributed by atoms with Gasteiger partial charge in [0.1, 0.15) is 30.5 Å². The quantitative estimate of drug-likeness (QED) is 0.532. The summed E-state index contributed by atoms with van der Waals surface area (Å²) in [7, 11) is 1.20. The molecule has 2 aromatic rings. The molecule has 2 N–H and O–H groups in total. The number of piperazine rings is 1. The second-order valence-electron chi connectivity index (χ2n) is 10.1. The summed E-state index contributed by atoms with van der Waals surface area (Å²) in [6.07, 6.45) is 1.59. The molecule has 0 saturated carbocycles. The average molecular weight is 510 g/mol. The number of ether oxygens (including phenoxy) is 1. The van der Waals surface area contributed by atoms with Crippen LogP contribution in [0.3, 0.4) is 0 Å². The van der Waals surface area contributed by atoms with E-state index in [-0.39, 0.29) is 23.7 Å². The minimum atomic E-state index is -1.24. The van der Waals surface area contributed by atoms with Crippen LogP contribution in [0.25, 0.3) is 0 Å². The largest absolute Gasteiger partial charge is 0.468 e. The molecule has 196 valence electrons. The van der Waals surface area contributed by atoms with E-state index in [4.69, 9.17) is 0 Å². The summed E-state index contributed by atoms with van der Waals surface area (Å²) in [5, 5.41) is 5.46. The summed E-state index contributed by atoms with van der Waals surface area (Å²) in [5.74, 6) is -2.63. The molecule has 2 aliphatic rings. The number of methoxy groups -OCH3 is 1. The van der Waals surface area contributed by atoms with Gasteiger partial charge in [0, 0.05) is 0 Å². The van der Waals surface area contributed by atoms with Gasteiger partial charge in [-0.1, -0.05) is 50.2 Å². The van der Waals surface area contributed by atoms with Gasteiger partial charge in [0.25, 0.3) is 0 Å². The predicted molar refractivity (Wildman–Crippen MR) is 134 cm³/mol. The highest BCUT2D eigenvalue weighted by molar-refractivity contribution is 6.00. The van der Waals surface area contributed by atoms with Crippen molar-refractivity contribution in [2.24, 2.45) is 11.8 Å². The lowest BCUT2D eigenvalue weighted by Gasteiger charge is -2.44. The predicted octanol–water partition coefficient (Wildman–Crippen LogP) is 2.31. The average Bonchev–Trinajstić information content (AvgIpc) is 3.31. The van der Waals surface area contributed by atoms with E-state index in [1.807, 2.05) is 38.1 Å². The Bertz CT molecular complexity index is 1160. The highest BCUT2D eigenvalue weighted by Crippen LogP contribution is 2.35. The molecule has 0 radical (unpaired) electrons. The zero-order chi connectivity index (χ0) is 26.7. The molecule has 1 heterocycles. The van der Waals surface area contributed by atoms with Gasteiger partial charge in [0.15, 0.2) is 0 Å². The SMILES string of the molecule is COC(=O)CNC(=O)[C@@H](c1ccc(F)cc1)N1C(=O)[C@@H](C2Cc3ccccc3C2)NC(=O)[C@H]1CC(C)C. The smallest absolute Gasteiger partial charge is 0.325 e. The number of hydrogen-bond acceptors (Lipinski definition) is 5. The van der Waals surface area contributed by atoms with Gasteiger partial charge < -0.3 is 20.3 Å². The van der Waals surface area contributed by atoms with Crippen LogP contribution in [0.4, 0.5) is 4.39 Å². The molecule has 0 spiro atoms. The van der Waals surface area contributed by atoms with E-state index in [0.717, 1.165) is 11.1 Å². The van der Waals surface area contributed by atoms with E-state index in [9.17, 15) is 23.6 Å². The molecule has 8 nitrogen and oxygen atoms in total. The Morgan fingerprint density at radius 1 is 1.08 bits per heavy atom. The van der Waals surface area contributed by atoms with Crippen LogP contribution >= 0.6 is 0 Å². The lowest BCUT2D eigenvalue weighted by atomic mass is 9.88. The number of nitrogens with zero attached hydrogens (tertiary/aromatic N) is 1. The second kappa shape index (κ2) is 11.1. The maximum absolute atomic E-state index is 14.1.